The largest absolute Gasteiger partial charge is 0.478 e. The molecule has 2 aromatic carbocycles. The van der Waals surface area contributed by atoms with Gasteiger partial charge in [0.25, 0.3) is 0 Å². The van der Waals surface area contributed by atoms with Crippen LogP contribution in [0.1, 0.15) is 10.4 Å². The minimum Gasteiger partial charge on any atom is -0.478 e. The molecule has 21 heavy (non-hydrogen) atoms. The highest BCUT2D eigenvalue weighted by molar-refractivity contribution is 9.10. The van der Waals surface area contributed by atoms with Gasteiger partial charge >= 0.3 is 12.0 Å². The zero-order valence-electron chi connectivity index (χ0n) is 10.3. The summed E-state index contributed by atoms with van der Waals surface area (Å²) in [5, 5.41) is 8.90. The van der Waals surface area contributed by atoms with Gasteiger partial charge in [-0.15, -0.1) is 0 Å². The number of aromatic nitrogens is 1. The summed E-state index contributed by atoms with van der Waals surface area (Å²) in [7, 11) is 0. The van der Waals surface area contributed by atoms with Gasteiger partial charge in [0.1, 0.15) is 5.52 Å². The van der Waals surface area contributed by atoms with Gasteiger partial charge in [-0.1, -0.05) is 15.9 Å². The lowest BCUT2D eigenvalue weighted by molar-refractivity contribution is 0.0697. The van der Waals surface area contributed by atoms with Crippen molar-refractivity contribution in [2.45, 2.75) is 0 Å². The second-order valence-corrected chi connectivity index (χ2v) is 5.06. The topological polar surface area (TPSA) is 72.6 Å². The maximum absolute atomic E-state index is 13.7. The summed E-state index contributed by atoms with van der Waals surface area (Å²) in [6.07, 6.45) is -0.159. The van der Waals surface area contributed by atoms with Gasteiger partial charge in [-0.3, -0.25) is 0 Å². The van der Waals surface area contributed by atoms with E-state index in [0.717, 1.165) is 0 Å². The first-order valence-corrected chi connectivity index (χ1v) is 6.59. The lowest BCUT2D eigenvalue weighted by atomic mass is 10.2. The average Bonchev–Trinajstić information content (AvgIpc) is 2.83. The van der Waals surface area contributed by atoms with Crippen molar-refractivity contribution in [1.29, 1.82) is 0 Å². The number of carboxylic acid groups (broad SMARTS) is 1. The summed E-state index contributed by atoms with van der Waals surface area (Å²) < 4.78 is 24.7. The van der Waals surface area contributed by atoms with Gasteiger partial charge in [-0.2, -0.15) is 4.98 Å². The number of carboxylic acids is 1. The molecule has 0 spiro atoms. The van der Waals surface area contributed by atoms with E-state index in [1.165, 1.54) is 30.3 Å². The van der Waals surface area contributed by atoms with Crippen LogP contribution in [0.15, 0.2) is 45.3 Å². The first kappa shape index (κ1) is 13.6. The number of oxazole rings is 1. The van der Waals surface area contributed by atoms with Crippen molar-refractivity contribution in [2.75, 3.05) is 0 Å². The summed E-state index contributed by atoms with van der Waals surface area (Å²) in [5.74, 6) is -1.68. The minimum absolute atomic E-state index is 0.0387. The molecule has 106 valence electrons. The lowest BCUT2D eigenvalue weighted by Crippen LogP contribution is -1.94. The number of fused-ring (bicyclic) bond motifs is 1. The van der Waals surface area contributed by atoms with Crippen molar-refractivity contribution in [1.82, 2.24) is 4.98 Å². The normalized spacial score (nSPS) is 10.8. The molecule has 0 unspecified atom stereocenters. The van der Waals surface area contributed by atoms with Gasteiger partial charge in [0.2, 0.25) is 0 Å². The molecule has 0 saturated heterocycles. The number of carbonyl (C=O) groups is 1. The van der Waals surface area contributed by atoms with E-state index in [4.69, 9.17) is 14.3 Å². The molecule has 3 rings (SSSR count). The van der Waals surface area contributed by atoms with Crippen molar-refractivity contribution < 1.29 is 23.4 Å². The highest BCUT2D eigenvalue weighted by Gasteiger charge is 2.13. The zero-order chi connectivity index (χ0) is 15.0. The van der Waals surface area contributed by atoms with Crippen LogP contribution in [-0.4, -0.2) is 16.1 Å². The Morgan fingerprint density at radius 1 is 1.29 bits per heavy atom. The number of aromatic carboxylic acids is 1. The Morgan fingerprint density at radius 3 is 2.81 bits per heavy atom. The third kappa shape index (κ3) is 2.73. The van der Waals surface area contributed by atoms with E-state index >= 15 is 0 Å². The van der Waals surface area contributed by atoms with Crippen LogP contribution < -0.4 is 4.74 Å². The highest BCUT2D eigenvalue weighted by atomic mass is 79.9. The predicted molar refractivity (Wildman–Crippen MR) is 75.1 cm³/mol. The van der Waals surface area contributed by atoms with Crippen molar-refractivity contribution in [2.24, 2.45) is 0 Å². The van der Waals surface area contributed by atoms with Crippen LogP contribution in [0.4, 0.5) is 4.39 Å². The Labute approximate surface area is 126 Å². The van der Waals surface area contributed by atoms with Gasteiger partial charge < -0.3 is 14.3 Å². The molecular weight excluding hydrogens is 345 g/mol. The molecule has 0 bridgehead atoms. The Bertz CT molecular complexity index is 846. The van der Waals surface area contributed by atoms with Gasteiger partial charge in [-0.25, -0.2) is 9.18 Å². The highest BCUT2D eigenvalue weighted by Crippen LogP contribution is 2.29. The Hall–Kier alpha value is -2.41. The molecule has 7 heteroatoms. The molecule has 0 aliphatic carbocycles. The third-order valence-corrected chi connectivity index (χ3v) is 3.20. The molecule has 0 radical (unpaired) electrons. The summed E-state index contributed by atoms with van der Waals surface area (Å²) in [4.78, 5) is 14.9. The molecule has 0 atom stereocenters. The number of nitrogens with zero attached hydrogens (tertiary/aromatic N) is 1. The van der Waals surface area contributed by atoms with Crippen LogP contribution in [0, 0.1) is 5.82 Å². The zero-order valence-corrected chi connectivity index (χ0v) is 11.9. The van der Waals surface area contributed by atoms with Crippen LogP contribution in [0.3, 0.4) is 0 Å². The minimum atomic E-state index is -1.07. The Balaban J connectivity index is 1.95. The van der Waals surface area contributed by atoms with Crippen LogP contribution in [-0.2, 0) is 0 Å². The SMILES string of the molecule is O=C(O)c1ccc2nc(Oc3ccc(Br)cc3F)oc2c1. The van der Waals surface area contributed by atoms with E-state index in [1.54, 1.807) is 6.07 Å². The fourth-order valence-corrected chi connectivity index (χ4v) is 2.07. The molecule has 3 aromatic rings. The molecular formula is C14H7BrFNO4. The second kappa shape index (κ2) is 5.17. The van der Waals surface area contributed by atoms with Crippen molar-refractivity contribution in [3.63, 3.8) is 0 Å². The first-order chi connectivity index (χ1) is 10.0. The molecule has 0 saturated carbocycles. The Morgan fingerprint density at radius 2 is 2.10 bits per heavy atom. The fraction of sp³-hybridized carbons (Fsp3) is 0. The number of ether oxygens (including phenoxy) is 1. The van der Waals surface area contributed by atoms with E-state index in [0.29, 0.717) is 9.99 Å². The number of hydrogen-bond donors (Lipinski definition) is 1. The molecule has 0 fully saturated rings. The molecule has 1 heterocycles. The first-order valence-electron chi connectivity index (χ1n) is 5.80. The summed E-state index contributed by atoms with van der Waals surface area (Å²) >= 11 is 3.14. The van der Waals surface area contributed by atoms with E-state index < -0.39 is 11.8 Å². The maximum Gasteiger partial charge on any atom is 0.400 e. The van der Waals surface area contributed by atoms with Gasteiger partial charge in [0.05, 0.1) is 5.56 Å². The number of hydrogen-bond acceptors (Lipinski definition) is 4. The number of rotatable bonds is 3. The molecule has 1 N–H and O–H groups in total. The maximum atomic E-state index is 13.7. The van der Waals surface area contributed by atoms with Gasteiger partial charge in [-0.05, 0) is 36.4 Å². The fourth-order valence-electron chi connectivity index (χ4n) is 1.73. The second-order valence-electron chi connectivity index (χ2n) is 4.14. The molecule has 0 aliphatic rings. The van der Waals surface area contributed by atoms with E-state index in [2.05, 4.69) is 20.9 Å². The Kier molecular flexibility index (Phi) is 3.34. The van der Waals surface area contributed by atoms with Crippen LogP contribution in [0.5, 0.6) is 11.8 Å². The van der Waals surface area contributed by atoms with Crippen LogP contribution in [0.2, 0.25) is 0 Å². The lowest BCUT2D eigenvalue weighted by Gasteiger charge is -2.01. The standard InChI is InChI=1S/C14H7BrFNO4/c15-8-2-4-11(9(16)6-8)20-14-17-10-3-1-7(13(18)19)5-12(10)21-14/h1-6H,(H,18,19). The monoisotopic (exact) mass is 351 g/mol. The summed E-state index contributed by atoms with van der Waals surface area (Å²) in [6, 6.07) is 8.51. The van der Waals surface area contributed by atoms with Gasteiger partial charge in [0.15, 0.2) is 17.1 Å². The quantitative estimate of drug-likeness (QED) is 0.764. The summed E-state index contributed by atoms with van der Waals surface area (Å²) in [6.45, 7) is 0. The smallest absolute Gasteiger partial charge is 0.400 e. The van der Waals surface area contributed by atoms with E-state index in [-0.39, 0.29) is 23.0 Å². The average molecular weight is 352 g/mol. The summed E-state index contributed by atoms with van der Waals surface area (Å²) in [5.41, 5.74) is 0.745. The predicted octanol–water partition coefficient (Wildman–Crippen LogP) is 4.22. The van der Waals surface area contributed by atoms with Crippen molar-refractivity contribution >= 4 is 33.0 Å². The molecule has 0 amide bonds. The number of benzene rings is 2. The molecule has 0 aliphatic heterocycles. The van der Waals surface area contributed by atoms with E-state index in [1.807, 2.05) is 0 Å². The number of halogens is 2. The van der Waals surface area contributed by atoms with Crippen molar-refractivity contribution in [3.05, 3.63) is 52.3 Å². The molecule has 5 nitrogen and oxygen atoms in total. The van der Waals surface area contributed by atoms with Crippen molar-refractivity contribution in [3.8, 4) is 11.8 Å². The van der Waals surface area contributed by atoms with Crippen LogP contribution in [0.25, 0.3) is 11.1 Å². The van der Waals surface area contributed by atoms with Crippen LogP contribution >= 0.6 is 15.9 Å². The molecule has 1 aromatic heterocycles. The van der Waals surface area contributed by atoms with E-state index in [9.17, 15) is 9.18 Å². The third-order valence-electron chi connectivity index (χ3n) is 2.71. The van der Waals surface area contributed by atoms with Gasteiger partial charge in [0, 0.05) is 4.47 Å².